The Hall–Kier alpha value is -3.21. The summed E-state index contributed by atoms with van der Waals surface area (Å²) in [6.45, 7) is 0.698. The number of nitrogens with zero attached hydrogens (tertiary/aromatic N) is 4. The zero-order chi connectivity index (χ0) is 17.2. The van der Waals surface area contributed by atoms with Gasteiger partial charge in [-0.25, -0.2) is 9.97 Å². The zero-order valence-corrected chi connectivity index (χ0v) is 14.0. The van der Waals surface area contributed by atoms with Gasteiger partial charge in [-0.15, -0.1) is 0 Å². The Bertz CT molecular complexity index is 893. The molecule has 1 aliphatic rings. The molecule has 0 saturated carbocycles. The summed E-state index contributed by atoms with van der Waals surface area (Å²) in [6.07, 6.45) is 4.09. The van der Waals surface area contributed by atoms with Crippen molar-refractivity contribution in [1.29, 1.82) is 0 Å². The zero-order valence-electron chi connectivity index (χ0n) is 14.0. The molecular weight excluding hydrogens is 312 g/mol. The number of aromatic nitrogens is 2. The number of amides is 1. The van der Waals surface area contributed by atoms with E-state index in [9.17, 15) is 4.79 Å². The maximum absolute atomic E-state index is 12.8. The Labute approximate surface area is 146 Å². The predicted molar refractivity (Wildman–Crippen MR) is 98.4 cm³/mol. The summed E-state index contributed by atoms with van der Waals surface area (Å²) in [5, 5.41) is 0. The largest absolute Gasteiger partial charge is 0.314 e. The number of rotatable bonds is 3. The maximum atomic E-state index is 12.8. The highest BCUT2D eigenvalue weighted by Crippen LogP contribution is 2.28. The lowest BCUT2D eigenvalue weighted by molar-refractivity contribution is 0.0988. The van der Waals surface area contributed by atoms with E-state index in [2.05, 4.69) is 16.0 Å². The van der Waals surface area contributed by atoms with Crippen molar-refractivity contribution in [2.75, 3.05) is 23.4 Å². The van der Waals surface area contributed by atoms with Crippen molar-refractivity contribution in [3.05, 3.63) is 78.1 Å². The van der Waals surface area contributed by atoms with Gasteiger partial charge in [0.25, 0.3) is 5.91 Å². The van der Waals surface area contributed by atoms with Crippen LogP contribution >= 0.6 is 0 Å². The molecule has 25 heavy (non-hydrogen) atoms. The molecule has 0 fully saturated rings. The van der Waals surface area contributed by atoms with Crippen molar-refractivity contribution in [3.8, 4) is 0 Å². The summed E-state index contributed by atoms with van der Waals surface area (Å²) < 4.78 is 0. The van der Waals surface area contributed by atoms with Crippen LogP contribution < -0.4 is 9.80 Å². The van der Waals surface area contributed by atoms with E-state index in [4.69, 9.17) is 0 Å². The molecule has 0 unspecified atom stereocenters. The molecule has 0 bridgehead atoms. The monoisotopic (exact) mass is 330 g/mol. The first-order chi connectivity index (χ1) is 12.2. The van der Waals surface area contributed by atoms with Gasteiger partial charge in [-0.2, -0.15) is 0 Å². The molecule has 1 amide bonds. The third-order valence-electron chi connectivity index (χ3n) is 4.46. The molecule has 5 nitrogen and oxygen atoms in total. The lowest BCUT2D eigenvalue weighted by Gasteiger charge is -2.19. The van der Waals surface area contributed by atoms with E-state index < -0.39 is 0 Å². The van der Waals surface area contributed by atoms with Gasteiger partial charge in [0.1, 0.15) is 0 Å². The van der Waals surface area contributed by atoms with Gasteiger partial charge >= 0.3 is 0 Å². The van der Waals surface area contributed by atoms with E-state index in [0.29, 0.717) is 18.1 Å². The number of benzene rings is 2. The van der Waals surface area contributed by atoms with Gasteiger partial charge in [-0.05, 0) is 30.2 Å². The van der Waals surface area contributed by atoms with Crippen molar-refractivity contribution in [2.45, 2.75) is 6.42 Å². The molecule has 1 aromatic heterocycles. The molecule has 0 saturated heterocycles. The van der Waals surface area contributed by atoms with Crippen molar-refractivity contribution >= 4 is 23.2 Å². The van der Waals surface area contributed by atoms with Gasteiger partial charge in [0.15, 0.2) is 0 Å². The van der Waals surface area contributed by atoms with Gasteiger partial charge in [0.05, 0.1) is 5.56 Å². The summed E-state index contributed by atoms with van der Waals surface area (Å²) >= 11 is 0. The third kappa shape index (κ3) is 2.85. The van der Waals surface area contributed by atoms with Crippen LogP contribution in [0.1, 0.15) is 15.9 Å². The summed E-state index contributed by atoms with van der Waals surface area (Å²) in [5.74, 6) is 0.503. The fourth-order valence-electron chi connectivity index (χ4n) is 3.08. The summed E-state index contributed by atoms with van der Waals surface area (Å²) in [7, 11) is 1.91. The topological polar surface area (TPSA) is 49.3 Å². The van der Waals surface area contributed by atoms with Crippen LogP contribution in [0.15, 0.2) is 67.0 Å². The predicted octanol–water partition coefficient (Wildman–Crippen LogP) is 3.45. The number of para-hydroxylation sites is 2. The Balaban J connectivity index is 1.56. The van der Waals surface area contributed by atoms with E-state index in [-0.39, 0.29) is 5.91 Å². The molecule has 0 spiro atoms. The van der Waals surface area contributed by atoms with Gasteiger partial charge in [-0.3, -0.25) is 4.79 Å². The normalized spacial score (nSPS) is 12.8. The lowest BCUT2D eigenvalue weighted by atomic mass is 10.2. The molecule has 5 heteroatoms. The summed E-state index contributed by atoms with van der Waals surface area (Å²) in [6, 6.07) is 17.9. The van der Waals surface area contributed by atoms with Gasteiger partial charge in [0.2, 0.25) is 5.95 Å². The minimum absolute atomic E-state index is 0.0566. The molecular formula is C20H18N4O. The molecule has 0 N–H and O–H groups in total. The maximum Gasteiger partial charge on any atom is 0.261 e. The fourth-order valence-corrected chi connectivity index (χ4v) is 3.08. The van der Waals surface area contributed by atoms with Gasteiger partial charge in [-0.1, -0.05) is 36.4 Å². The van der Waals surface area contributed by atoms with Crippen LogP contribution in [0.3, 0.4) is 0 Å². The average molecular weight is 330 g/mol. The number of hydrogen-bond acceptors (Lipinski definition) is 4. The van der Waals surface area contributed by atoms with E-state index in [1.165, 1.54) is 5.56 Å². The van der Waals surface area contributed by atoms with Crippen LogP contribution in [0.25, 0.3) is 0 Å². The molecule has 4 rings (SSSR count). The first-order valence-corrected chi connectivity index (χ1v) is 8.24. The molecule has 2 heterocycles. The number of hydrogen-bond donors (Lipinski definition) is 0. The van der Waals surface area contributed by atoms with Crippen molar-refractivity contribution in [2.24, 2.45) is 0 Å². The number of carbonyl (C=O) groups is 1. The first kappa shape index (κ1) is 15.3. The van der Waals surface area contributed by atoms with Crippen LogP contribution in [0.5, 0.6) is 0 Å². The van der Waals surface area contributed by atoms with E-state index in [1.807, 2.05) is 60.5 Å². The highest BCUT2D eigenvalue weighted by Gasteiger charge is 2.25. The van der Waals surface area contributed by atoms with E-state index in [1.54, 1.807) is 17.3 Å². The number of carbonyl (C=O) groups excluding carboxylic acids is 1. The minimum atomic E-state index is -0.0566. The van der Waals surface area contributed by atoms with E-state index >= 15 is 0 Å². The van der Waals surface area contributed by atoms with Gasteiger partial charge in [0, 0.05) is 37.4 Å². The third-order valence-corrected chi connectivity index (χ3v) is 4.46. The Morgan fingerprint density at radius 1 is 1.00 bits per heavy atom. The quantitative estimate of drug-likeness (QED) is 0.738. The second-order valence-electron chi connectivity index (χ2n) is 6.00. The summed E-state index contributed by atoms with van der Waals surface area (Å²) in [5.41, 5.74) is 3.69. The standard InChI is InChI=1S/C20H18N4O/c1-23(17-8-3-2-4-9-17)20-21-13-16(14-22-20)19(25)24-12-11-15-7-5-6-10-18(15)24/h2-10,13-14H,11-12H2,1H3. The highest BCUT2D eigenvalue weighted by molar-refractivity contribution is 6.07. The molecule has 0 radical (unpaired) electrons. The van der Waals surface area contributed by atoms with Crippen LogP contribution in [0, 0.1) is 0 Å². The Morgan fingerprint density at radius 3 is 2.44 bits per heavy atom. The van der Waals surface area contributed by atoms with Crippen molar-refractivity contribution < 1.29 is 4.79 Å². The smallest absolute Gasteiger partial charge is 0.261 e. The summed E-state index contributed by atoms with van der Waals surface area (Å²) in [4.78, 5) is 25.2. The van der Waals surface area contributed by atoms with Crippen LogP contribution in [0.4, 0.5) is 17.3 Å². The van der Waals surface area contributed by atoms with Crippen molar-refractivity contribution in [1.82, 2.24) is 9.97 Å². The van der Waals surface area contributed by atoms with Crippen LogP contribution in [0.2, 0.25) is 0 Å². The Kier molecular flexibility index (Phi) is 3.90. The average Bonchev–Trinajstić information content (AvgIpc) is 3.12. The number of fused-ring (bicyclic) bond motifs is 1. The second-order valence-corrected chi connectivity index (χ2v) is 6.00. The number of anilines is 3. The molecule has 1 aliphatic heterocycles. The SMILES string of the molecule is CN(c1ccccc1)c1ncc(C(=O)N2CCc3ccccc32)cn1. The lowest BCUT2D eigenvalue weighted by Crippen LogP contribution is -2.29. The highest BCUT2D eigenvalue weighted by atomic mass is 16.2. The second kappa shape index (κ2) is 6.36. The van der Waals surface area contributed by atoms with Gasteiger partial charge < -0.3 is 9.80 Å². The molecule has 0 atom stereocenters. The van der Waals surface area contributed by atoms with Crippen LogP contribution in [-0.4, -0.2) is 29.5 Å². The molecule has 0 aliphatic carbocycles. The first-order valence-electron chi connectivity index (χ1n) is 8.24. The molecule has 3 aromatic rings. The molecule has 124 valence electrons. The molecule has 2 aromatic carbocycles. The van der Waals surface area contributed by atoms with E-state index in [0.717, 1.165) is 17.8 Å². The fraction of sp³-hybridized carbons (Fsp3) is 0.150. The van der Waals surface area contributed by atoms with Crippen LogP contribution in [-0.2, 0) is 6.42 Å². The Morgan fingerprint density at radius 2 is 1.68 bits per heavy atom. The van der Waals surface area contributed by atoms with Crippen molar-refractivity contribution in [3.63, 3.8) is 0 Å². The minimum Gasteiger partial charge on any atom is -0.314 e.